The summed E-state index contributed by atoms with van der Waals surface area (Å²) in [6, 6.07) is 0.364. The first-order chi connectivity index (χ1) is 9.82. The molecule has 1 aromatic rings. The Kier molecular flexibility index (Phi) is 4.59. The van der Waals surface area contributed by atoms with Crippen molar-refractivity contribution in [2.75, 3.05) is 5.32 Å². The highest BCUT2D eigenvalue weighted by Gasteiger charge is 2.28. The number of ether oxygens (including phenoxy) is 1. The number of carbonyl (C=O) groups is 1. The standard InChI is InChI=1S/C14H23N5O2/c1-9-8-15-19-12(16-9)17-10-5-6-11(7-10)18-13(20)21-14(2,3)4/h8,10-11H,5-7H2,1-4H3,(H,18,20)(H,16,17,19)/t10-,11-/m0/s1. The highest BCUT2D eigenvalue weighted by Crippen LogP contribution is 2.22. The van der Waals surface area contributed by atoms with Crippen LogP contribution in [0.15, 0.2) is 6.20 Å². The Hall–Kier alpha value is -1.92. The minimum absolute atomic E-state index is 0.120. The monoisotopic (exact) mass is 293 g/mol. The predicted molar refractivity (Wildman–Crippen MR) is 79.0 cm³/mol. The van der Waals surface area contributed by atoms with Gasteiger partial charge in [-0.3, -0.25) is 0 Å². The normalized spacial score (nSPS) is 21.9. The zero-order valence-electron chi connectivity index (χ0n) is 13.0. The number of alkyl carbamates (subject to hydrolysis) is 1. The lowest BCUT2D eigenvalue weighted by Gasteiger charge is -2.21. The minimum Gasteiger partial charge on any atom is -0.444 e. The zero-order valence-corrected chi connectivity index (χ0v) is 13.0. The number of aromatic nitrogens is 3. The minimum atomic E-state index is -0.471. The summed E-state index contributed by atoms with van der Waals surface area (Å²) in [5.41, 5.74) is 0.357. The summed E-state index contributed by atoms with van der Waals surface area (Å²) >= 11 is 0. The van der Waals surface area contributed by atoms with Crippen LogP contribution in [0.25, 0.3) is 0 Å². The number of hydrogen-bond acceptors (Lipinski definition) is 6. The van der Waals surface area contributed by atoms with Gasteiger partial charge in [0.25, 0.3) is 0 Å². The molecule has 0 radical (unpaired) electrons. The van der Waals surface area contributed by atoms with Gasteiger partial charge in [-0.25, -0.2) is 9.78 Å². The van der Waals surface area contributed by atoms with Gasteiger partial charge in [-0.2, -0.15) is 5.10 Å². The van der Waals surface area contributed by atoms with E-state index in [2.05, 4.69) is 25.8 Å². The van der Waals surface area contributed by atoms with Crippen molar-refractivity contribution in [3.05, 3.63) is 11.9 Å². The Bertz CT molecular complexity index is 500. The molecule has 2 rings (SSSR count). The molecular weight excluding hydrogens is 270 g/mol. The molecule has 0 bridgehead atoms. The number of hydrogen-bond donors (Lipinski definition) is 2. The predicted octanol–water partition coefficient (Wildman–Crippen LogP) is 2.04. The van der Waals surface area contributed by atoms with Crippen LogP contribution in [-0.4, -0.2) is 39.0 Å². The lowest BCUT2D eigenvalue weighted by molar-refractivity contribution is 0.0505. The number of nitrogens with zero attached hydrogens (tertiary/aromatic N) is 3. The highest BCUT2D eigenvalue weighted by molar-refractivity contribution is 5.68. The molecule has 1 amide bonds. The Morgan fingerprint density at radius 2 is 2.05 bits per heavy atom. The van der Waals surface area contributed by atoms with E-state index in [-0.39, 0.29) is 18.2 Å². The molecule has 2 atom stereocenters. The van der Waals surface area contributed by atoms with E-state index in [4.69, 9.17) is 4.74 Å². The molecule has 1 aliphatic carbocycles. The van der Waals surface area contributed by atoms with Crippen LogP contribution in [0.5, 0.6) is 0 Å². The van der Waals surface area contributed by atoms with Crippen LogP contribution in [0, 0.1) is 6.92 Å². The number of rotatable bonds is 3. The third-order valence-corrected chi connectivity index (χ3v) is 3.17. The second kappa shape index (κ2) is 6.24. The first-order valence-corrected chi connectivity index (χ1v) is 7.24. The van der Waals surface area contributed by atoms with Crippen LogP contribution in [0.1, 0.15) is 45.7 Å². The second-order valence-corrected chi connectivity index (χ2v) is 6.42. The Balaban J connectivity index is 1.80. The van der Waals surface area contributed by atoms with E-state index in [1.165, 1.54) is 0 Å². The molecule has 2 N–H and O–H groups in total. The molecule has 0 aliphatic heterocycles. The SMILES string of the molecule is Cc1cnnc(N[C@H]2CC[C@H](NC(=O)OC(C)(C)C)C2)n1. The quantitative estimate of drug-likeness (QED) is 0.886. The van der Waals surface area contributed by atoms with Gasteiger partial charge in [0.1, 0.15) is 5.60 Å². The fraction of sp³-hybridized carbons (Fsp3) is 0.714. The maximum absolute atomic E-state index is 11.7. The van der Waals surface area contributed by atoms with Gasteiger partial charge in [0, 0.05) is 12.1 Å². The van der Waals surface area contributed by atoms with Crippen molar-refractivity contribution in [2.24, 2.45) is 0 Å². The summed E-state index contributed by atoms with van der Waals surface area (Å²) in [5, 5.41) is 14.0. The van der Waals surface area contributed by atoms with Crippen molar-refractivity contribution in [3.63, 3.8) is 0 Å². The summed E-state index contributed by atoms with van der Waals surface area (Å²) in [6.07, 6.45) is 3.96. The molecule has 7 heteroatoms. The third kappa shape index (κ3) is 5.17. The van der Waals surface area contributed by atoms with E-state index in [0.717, 1.165) is 25.0 Å². The molecule has 1 heterocycles. The van der Waals surface area contributed by atoms with Crippen LogP contribution in [0.3, 0.4) is 0 Å². The Labute approximate surface area is 124 Å². The highest BCUT2D eigenvalue weighted by atomic mass is 16.6. The zero-order chi connectivity index (χ0) is 15.5. The largest absolute Gasteiger partial charge is 0.444 e. The van der Waals surface area contributed by atoms with Gasteiger partial charge in [-0.1, -0.05) is 0 Å². The maximum Gasteiger partial charge on any atom is 0.407 e. The molecule has 0 saturated heterocycles. The van der Waals surface area contributed by atoms with Crippen LogP contribution < -0.4 is 10.6 Å². The summed E-state index contributed by atoms with van der Waals surface area (Å²) < 4.78 is 5.26. The summed E-state index contributed by atoms with van der Waals surface area (Å²) in [7, 11) is 0. The van der Waals surface area contributed by atoms with Gasteiger partial charge in [0.2, 0.25) is 5.95 Å². The van der Waals surface area contributed by atoms with Crippen molar-refractivity contribution >= 4 is 12.0 Å². The van der Waals surface area contributed by atoms with Crippen LogP contribution in [0.2, 0.25) is 0 Å². The van der Waals surface area contributed by atoms with Crippen molar-refractivity contribution in [1.29, 1.82) is 0 Å². The molecule has 0 aromatic carbocycles. The number of aryl methyl sites for hydroxylation is 1. The van der Waals surface area contributed by atoms with Gasteiger partial charge in [0.15, 0.2) is 0 Å². The van der Waals surface area contributed by atoms with E-state index in [9.17, 15) is 4.79 Å². The molecule has 1 aromatic heterocycles. The molecule has 7 nitrogen and oxygen atoms in total. The average Bonchev–Trinajstić information content (AvgIpc) is 2.73. The van der Waals surface area contributed by atoms with Gasteiger partial charge in [-0.15, -0.1) is 5.10 Å². The lowest BCUT2D eigenvalue weighted by Crippen LogP contribution is -2.38. The van der Waals surface area contributed by atoms with Crippen LogP contribution in [-0.2, 0) is 4.74 Å². The summed E-state index contributed by atoms with van der Waals surface area (Å²) in [6.45, 7) is 7.44. The van der Waals surface area contributed by atoms with Crippen molar-refractivity contribution in [1.82, 2.24) is 20.5 Å². The van der Waals surface area contributed by atoms with Crippen molar-refractivity contribution in [3.8, 4) is 0 Å². The maximum atomic E-state index is 11.7. The molecular formula is C14H23N5O2. The molecule has 0 unspecified atom stereocenters. The van der Waals surface area contributed by atoms with Gasteiger partial charge in [-0.05, 0) is 47.0 Å². The lowest BCUT2D eigenvalue weighted by atomic mass is 10.2. The number of amides is 1. The number of carbonyl (C=O) groups excluding carboxylic acids is 1. The van der Waals surface area contributed by atoms with E-state index in [1.54, 1.807) is 6.20 Å². The van der Waals surface area contributed by atoms with E-state index in [1.807, 2.05) is 27.7 Å². The summed E-state index contributed by atoms with van der Waals surface area (Å²) in [4.78, 5) is 16.0. The smallest absolute Gasteiger partial charge is 0.407 e. The van der Waals surface area contributed by atoms with Crippen LogP contribution in [0.4, 0.5) is 10.7 Å². The molecule has 21 heavy (non-hydrogen) atoms. The second-order valence-electron chi connectivity index (χ2n) is 6.42. The number of anilines is 1. The fourth-order valence-corrected chi connectivity index (χ4v) is 2.35. The first kappa shape index (κ1) is 15.5. The topological polar surface area (TPSA) is 89.0 Å². The van der Waals surface area contributed by atoms with E-state index < -0.39 is 5.60 Å². The van der Waals surface area contributed by atoms with Gasteiger partial charge in [0.05, 0.1) is 11.9 Å². The number of nitrogens with one attached hydrogen (secondary N) is 2. The van der Waals surface area contributed by atoms with E-state index >= 15 is 0 Å². The average molecular weight is 293 g/mol. The van der Waals surface area contributed by atoms with Crippen molar-refractivity contribution in [2.45, 2.75) is 64.6 Å². The third-order valence-electron chi connectivity index (χ3n) is 3.17. The Morgan fingerprint density at radius 1 is 1.33 bits per heavy atom. The molecule has 1 saturated carbocycles. The molecule has 1 fully saturated rings. The summed E-state index contributed by atoms with van der Waals surface area (Å²) in [5.74, 6) is 0.540. The molecule has 0 spiro atoms. The molecule has 1 aliphatic rings. The fourth-order valence-electron chi connectivity index (χ4n) is 2.35. The van der Waals surface area contributed by atoms with Crippen molar-refractivity contribution < 1.29 is 9.53 Å². The first-order valence-electron chi connectivity index (χ1n) is 7.24. The Morgan fingerprint density at radius 3 is 2.71 bits per heavy atom. The van der Waals surface area contributed by atoms with E-state index in [0.29, 0.717) is 5.95 Å². The van der Waals surface area contributed by atoms with Gasteiger partial charge < -0.3 is 15.4 Å². The molecule has 116 valence electrons. The van der Waals surface area contributed by atoms with Crippen LogP contribution >= 0.6 is 0 Å². The van der Waals surface area contributed by atoms with Gasteiger partial charge >= 0.3 is 6.09 Å².